The fraction of sp³-hybridized carbons (Fsp3) is 0.600. The van der Waals surface area contributed by atoms with Gasteiger partial charge in [-0.15, -0.1) is 0 Å². The van der Waals surface area contributed by atoms with Crippen molar-refractivity contribution in [3.05, 3.63) is 27.7 Å². The van der Waals surface area contributed by atoms with Gasteiger partial charge in [0.05, 0.1) is 7.11 Å². The van der Waals surface area contributed by atoms with Gasteiger partial charge in [-0.25, -0.2) is 0 Å². The summed E-state index contributed by atoms with van der Waals surface area (Å²) in [7, 11) is 1.77. The highest BCUT2D eigenvalue weighted by Gasteiger charge is 2.26. The number of halogens is 1. The summed E-state index contributed by atoms with van der Waals surface area (Å²) >= 11 is 3.63. The standard InChI is InChI=1S/C15H22BrNO/c1-15(2,3)12-9-10(16)8-11(14(12)18-4)13-6-5-7-17-13/h8-9,13,17H,5-7H2,1-4H3. The molecule has 0 aliphatic carbocycles. The first-order valence-electron chi connectivity index (χ1n) is 6.55. The smallest absolute Gasteiger partial charge is 0.127 e. The minimum absolute atomic E-state index is 0.0858. The Morgan fingerprint density at radius 3 is 2.56 bits per heavy atom. The number of rotatable bonds is 2. The number of hydrogen-bond donors (Lipinski definition) is 1. The van der Waals surface area contributed by atoms with Gasteiger partial charge in [-0.2, -0.15) is 0 Å². The Labute approximate surface area is 118 Å². The van der Waals surface area contributed by atoms with Gasteiger partial charge in [0.15, 0.2) is 0 Å². The Morgan fingerprint density at radius 1 is 1.33 bits per heavy atom. The topological polar surface area (TPSA) is 21.3 Å². The first kappa shape index (κ1) is 13.9. The van der Waals surface area contributed by atoms with E-state index < -0.39 is 0 Å². The third-order valence-corrected chi connectivity index (χ3v) is 3.99. The van der Waals surface area contributed by atoms with Crippen molar-refractivity contribution in [3.63, 3.8) is 0 Å². The van der Waals surface area contributed by atoms with Crippen LogP contribution >= 0.6 is 15.9 Å². The van der Waals surface area contributed by atoms with Crippen LogP contribution < -0.4 is 10.1 Å². The molecule has 3 heteroatoms. The molecule has 1 aromatic carbocycles. The van der Waals surface area contributed by atoms with Gasteiger partial charge in [-0.05, 0) is 36.9 Å². The molecule has 0 amide bonds. The SMILES string of the molecule is COc1c(C2CCCN2)cc(Br)cc1C(C)(C)C. The van der Waals surface area contributed by atoms with Crippen LogP contribution in [-0.4, -0.2) is 13.7 Å². The highest BCUT2D eigenvalue weighted by Crippen LogP contribution is 2.40. The Balaban J connectivity index is 2.54. The van der Waals surface area contributed by atoms with E-state index in [9.17, 15) is 0 Å². The summed E-state index contributed by atoms with van der Waals surface area (Å²) in [6.45, 7) is 7.78. The summed E-state index contributed by atoms with van der Waals surface area (Å²) in [6, 6.07) is 4.80. The summed E-state index contributed by atoms with van der Waals surface area (Å²) in [5, 5.41) is 3.55. The largest absolute Gasteiger partial charge is 0.496 e. The fourth-order valence-electron chi connectivity index (χ4n) is 2.61. The zero-order chi connectivity index (χ0) is 13.3. The molecule has 1 saturated heterocycles. The first-order chi connectivity index (χ1) is 8.43. The Bertz CT molecular complexity index is 431. The number of hydrogen-bond acceptors (Lipinski definition) is 2. The van der Waals surface area contributed by atoms with E-state index in [-0.39, 0.29) is 5.41 Å². The summed E-state index contributed by atoms with van der Waals surface area (Å²) in [6.07, 6.45) is 2.43. The second-order valence-electron chi connectivity index (χ2n) is 5.97. The van der Waals surface area contributed by atoms with Crippen LogP contribution in [0.25, 0.3) is 0 Å². The molecule has 1 aliphatic heterocycles. The zero-order valence-electron chi connectivity index (χ0n) is 11.6. The van der Waals surface area contributed by atoms with Crippen LogP contribution in [0.3, 0.4) is 0 Å². The van der Waals surface area contributed by atoms with Crippen molar-refractivity contribution < 1.29 is 4.74 Å². The summed E-state index contributed by atoms with van der Waals surface area (Å²) in [4.78, 5) is 0. The Morgan fingerprint density at radius 2 is 2.06 bits per heavy atom. The lowest BCUT2D eigenvalue weighted by Gasteiger charge is -2.26. The van der Waals surface area contributed by atoms with Gasteiger partial charge in [0, 0.05) is 21.6 Å². The van der Waals surface area contributed by atoms with Gasteiger partial charge < -0.3 is 10.1 Å². The van der Waals surface area contributed by atoms with Gasteiger partial charge in [0.1, 0.15) is 5.75 Å². The second kappa shape index (κ2) is 5.22. The maximum Gasteiger partial charge on any atom is 0.127 e. The lowest BCUT2D eigenvalue weighted by atomic mass is 9.84. The normalized spacial score (nSPS) is 20.2. The minimum Gasteiger partial charge on any atom is -0.496 e. The monoisotopic (exact) mass is 311 g/mol. The molecular weight excluding hydrogens is 290 g/mol. The van der Waals surface area contributed by atoms with E-state index >= 15 is 0 Å². The molecule has 0 bridgehead atoms. The van der Waals surface area contributed by atoms with Crippen LogP contribution in [0, 0.1) is 0 Å². The lowest BCUT2D eigenvalue weighted by Crippen LogP contribution is -2.18. The molecule has 1 heterocycles. The van der Waals surface area contributed by atoms with Crippen molar-refractivity contribution in [2.24, 2.45) is 0 Å². The molecule has 1 fully saturated rings. The molecule has 18 heavy (non-hydrogen) atoms. The highest BCUT2D eigenvalue weighted by atomic mass is 79.9. The number of methoxy groups -OCH3 is 1. The summed E-state index contributed by atoms with van der Waals surface area (Å²) < 4.78 is 6.85. The quantitative estimate of drug-likeness (QED) is 0.884. The van der Waals surface area contributed by atoms with Crippen LogP contribution in [0.2, 0.25) is 0 Å². The second-order valence-corrected chi connectivity index (χ2v) is 6.89. The third kappa shape index (κ3) is 2.72. The molecule has 1 aliphatic rings. The molecule has 1 unspecified atom stereocenters. The van der Waals surface area contributed by atoms with E-state index in [1.165, 1.54) is 24.0 Å². The molecule has 1 atom stereocenters. The average Bonchev–Trinajstić information content (AvgIpc) is 2.80. The van der Waals surface area contributed by atoms with Crippen molar-refractivity contribution >= 4 is 15.9 Å². The van der Waals surface area contributed by atoms with Gasteiger partial charge >= 0.3 is 0 Å². The van der Waals surface area contributed by atoms with Crippen LogP contribution in [0.5, 0.6) is 5.75 Å². The minimum atomic E-state index is 0.0858. The average molecular weight is 312 g/mol. The van der Waals surface area contributed by atoms with Crippen molar-refractivity contribution in [1.82, 2.24) is 5.32 Å². The highest BCUT2D eigenvalue weighted by molar-refractivity contribution is 9.10. The van der Waals surface area contributed by atoms with Crippen molar-refractivity contribution in [2.75, 3.05) is 13.7 Å². The number of benzene rings is 1. The zero-order valence-corrected chi connectivity index (χ0v) is 13.2. The molecule has 1 aromatic rings. The maximum atomic E-state index is 5.71. The molecule has 2 rings (SSSR count). The number of ether oxygens (including phenoxy) is 1. The first-order valence-corrected chi connectivity index (χ1v) is 7.34. The van der Waals surface area contributed by atoms with E-state index in [0.717, 1.165) is 16.8 Å². The molecule has 100 valence electrons. The number of nitrogens with one attached hydrogen (secondary N) is 1. The summed E-state index contributed by atoms with van der Waals surface area (Å²) in [5.41, 5.74) is 2.64. The van der Waals surface area contributed by atoms with E-state index in [1.807, 2.05) is 0 Å². The Kier molecular flexibility index (Phi) is 4.02. The molecule has 0 aromatic heterocycles. The van der Waals surface area contributed by atoms with Gasteiger partial charge in [-0.3, -0.25) is 0 Å². The van der Waals surface area contributed by atoms with Crippen molar-refractivity contribution in [3.8, 4) is 5.75 Å². The maximum absolute atomic E-state index is 5.71. The van der Waals surface area contributed by atoms with Crippen molar-refractivity contribution in [1.29, 1.82) is 0 Å². The molecule has 1 N–H and O–H groups in total. The van der Waals surface area contributed by atoms with Crippen LogP contribution in [0.4, 0.5) is 0 Å². The molecule has 2 nitrogen and oxygen atoms in total. The van der Waals surface area contributed by atoms with Crippen molar-refractivity contribution in [2.45, 2.75) is 45.1 Å². The third-order valence-electron chi connectivity index (χ3n) is 3.53. The summed E-state index contributed by atoms with van der Waals surface area (Å²) in [5.74, 6) is 1.05. The fourth-order valence-corrected chi connectivity index (χ4v) is 3.08. The van der Waals surface area contributed by atoms with Crippen LogP contribution in [0.1, 0.15) is 50.8 Å². The van der Waals surface area contributed by atoms with Gasteiger partial charge in [0.2, 0.25) is 0 Å². The van der Waals surface area contributed by atoms with E-state index in [0.29, 0.717) is 6.04 Å². The van der Waals surface area contributed by atoms with E-state index in [2.05, 4.69) is 54.2 Å². The molecule has 0 saturated carbocycles. The molecular formula is C15H22BrNO. The van der Waals surface area contributed by atoms with E-state index in [4.69, 9.17) is 4.74 Å². The van der Waals surface area contributed by atoms with Crippen LogP contribution in [0.15, 0.2) is 16.6 Å². The van der Waals surface area contributed by atoms with Crippen LogP contribution in [-0.2, 0) is 5.41 Å². The van der Waals surface area contributed by atoms with Gasteiger partial charge in [0.25, 0.3) is 0 Å². The molecule has 0 spiro atoms. The predicted octanol–water partition coefficient (Wildman–Crippen LogP) is 4.18. The predicted molar refractivity (Wildman–Crippen MR) is 79.4 cm³/mol. The lowest BCUT2D eigenvalue weighted by molar-refractivity contribution is 0.386. The van der Waals surface area contributed by atoms with E-state index in [1.54, 1.807) is 7.11 Å². The Hall–Kier alpha value is -0.540. The molecule has 0 radical (unpaired) electrons. The van der Waals surface area contributed by atoms with Gasteiger partial charge in [-0.1, -0.05) is 36.7 Å².